The van der Waals surface area contributed by atoms with Crippen LogP contribution in [0.2, 0.25) is 0 Å². The molecule has 12 heavy (non-hydrogen) atoms. The molecule has 0 radical (unpaired) electrons. The minimum atomic E-state index is 0.333. The van der Waals surface area contributed by atoms with Crippen LogP contribution in [0.1, 0.15) is 5.56 Å². The summed E-state index contributed by atoms with van der Waals surface area (Å²) < 4.78 is 5.12. The van der Waals surface area contributed by atoms with Gasteiger partial charge in [-0.3, -0.25) is 0 Å². The number of aromatic nitrogens is 1. The molecule has 0 atom stereocenters. The first-order valence-corrected chi connectivity index (χ1v) is 3.73. The highest BCUT2D eigenvalue weighted by Crippen LogP contribution is 2.14. The van der Waals surface area contributed by atoms with E-state index in [9.17, 15) is 0 Å². The zero-order chi connectivity index (χ0) is 8.55. The predicted octanol–water partition coefficient (Wildman–Crippen LogP) is 2.36. The molecule has 0 bridgehead atoms. The monoisotopic (exact) mass is 176 g/mol. The van der Waals surface area contributed by atoms with Crippen molar-refractivity contribution in [1.29, 1.82) is 5.26 Å². The van der Waals surface area contributed by atoms with E-state index < -0.39 is 0 Å². The summed E-state index contributed by atoms with van der Waals surface area (Å²) in [6.07, 6.45) is 0. The van der Waals surface area contributed by atoms with Gasteiger partial charge in [-0.1, -0.05) is 0 Å². The van der Waals surface area contributed by atoms with Crippen molar-refractivity contribution < 1.29 is 4.42 Å². The number of H-pyrrole nitrogens is 1. The maximum Gasteiger partial charge on any atom is 0.266 e. The van der Waals surface area contributed by atoms with Crippen LogP contribution in [0.3, 0.4) is 0 Å². The SMILES string of the molecule is N#Cc1ccc2[nH]c(=S)oc2c1. The summed E-state index contributed by atoms with van der Waals surface area (Å²) in [5.74, 6) is 0. The Balaban J connectivity index is 2.85. The number of nitrogens with one attached hydrogen (secondary N) is 1. The third-order valence-corrected chi connectivity index (χ3v) is 1.74. The molecule has 1 aromatic heterocycles. The maximum absolute atomic E-state index is 8.58. The molecule has 0 aliphatic carbocycles. The molecule has 0 saturated heterocycles. The van der Waals surface area contributed by atoms with Crippen molar-refractivity contribution >= 4 is 23.3 Å². The van der Waals surface area contributed by atoms with Gasteiger partial charge < -0.3 is 9.40 Å². The minimum Gasteiger partial charge on any atom is -0.429 e. The van der Waals surface area contributed by atoms with Gasteiger partial charge in [-0.25, -0.2) is 0 Å². The quantitative estimate of drug-likeness (QED) is 0.627. The van der Waals surface area contributed by atoms with Crippen LogP contribution >= 0.6 is 12.2 Å². The summed E-state index contributed by atoms with van der Waals surface area (Å²) in [4.78, 5) is 3.18. The van der Waals surface area contributed by atoms with E-state index in [1.54, 1.807) is 18.2 Å². The van der Waals surface area contributed by atoms with Crippen molar-refractivity contribution in [2.75, 3.05) is 0 Å². The number of benzene rings is 1. The summed E-state index contributed by atoms with van der Waals surface area (Å²) in [7, 11) is 0. The Bertz CT molecular complexity index is 518. The Labute approximate surface area is 73.2 Å². The van der Waals surface area contributed by atoms with Gasteiger partial charge in [0.2, 0.25) is 0 Å². The minimum absolute atomic E-state index is 0.333. The molecule has 1 N–H and O–H groups in total. The lowest BCUT2D eigenvalue weighted by Gasteiger charge is -1.86. The van der Waals surface area contributed by atoms with E-state index in [0.717, 1.165) is 5.52 Å². The molecule has 0 fully saturated rings. The molecule has 0 aliphatic heterocycles. The van der Waals surface area contributed by atoms with Crippen molar-refractivity contribution in [3.05, 3.63) is 28.6 Å². The fourth-order valence-corrected chi connectivity index (χ4v) is 1.21. The van der Waals surface area contributed by atoms with E-state index >= 15 is 0 Å². The van der Waals surface area contributed by atoms with E-state index in [0.29, 0.717) is 16.0 Å². The molecular formula is C8H4N2OS. The van der Waals surface area contributed by atoms with Crippen LogP contribution < -0.4 is 0 Å². The smallest absolute Gasteiger partial charge is 0.266 e. The van der Waals surface area contributed by atoms with E-state index in [1.165, 1.54) is 0 Å². The van der Waals surface area contributed by atoms with Crippen LogP contribution in [-0.2, 0) is 0 Å². The normalized spacial score (nSPS) is 9.92. The molecule has 2 aromatic rings. The first-order chi connectivity index (χ1) is 5.79. The summed E-state index contributed by atoms with van der Waals surface area (Å²) >= 11 is 4.79. The number of rotatable bonds is 0. The first-order valence-electron chi connectivity index (χ1n) is 3.32. The second-order valence-corrected chi connectivity index (χ2v) is 2.71. The van der Waals surface area contributed by atoms with E-state index in [2.05, 4.69) is 4.98 Å². The summed E-state index contributed by atoms with van der Waals surface area (Å²) in [6, 6.07) is 7.16. The van der Waals surface area contributed by atoms with Gasteiger partial charge in [-0.05, 0) is 24.4 Å². The molecule has 3 nitrogen and oxygen atoms in total. The molecule has 1 heterocycles. The van der Waals surface area contributed by atoms with Crippen molar-refractivity contribution in [3.63, 3.8) is 0 Å². The van der Waals surface area contributed by atoms with Gasteiger partial charge in [0, 0.05) is 6.07 Å². The highest BCUT2D eigenvalue weighted by Gasteiger charge is 1.98. The first kappa shape index (κ1) is 7.07. The summed E-state index contributed by atoms with van der Waals surface area (Å²) in [5.41, 5.74) is 2.01. The number of hydrogen-bond acceptors (Lipinski definition) is 3. The van der Waals surface area contributed by atoms with Gasteiger partial charge in [-0.15, -0.1) is 0 Å². The van der Waals surface area contributed by atoms with Crippen molar-refractivity contribution in [2.24, 2.45) is 0 Å². The predicted molar refractivity (Wildman–Crippen MR) is 46.1 cm³/mol. The van der Waals surface area contributed by atoms with Crippen LogP contribution in [-0.4, -0.2) is 4.98 Å². The van der Waals surface area contributed by atoms with Crippen molar-refractivity contribution in [2.45, 2.75) is 0 Å². The standard InChI is InChI=1S/C8H4N2OS/c9-4-5-1-2-6-7(3-5)11-8(12)10-6/h1-3H,(H,10,12). The highest BCUT2D eigenvalue weighted by atomic mass is 32.1. The summed E-state index contributed by atoms with van der Waals surface area (Å²) in [6.45, 7) is 0. The topological polar surface area (TPSA) is 52.7 Å². The van der Waals surface area contributed by atoms with Gasteiger partial charge in [0.15, 0.2) is 5.58 Å². The molecule has 2 rings (SSSR count). The third kappa shape index (κ3) is 1.00. The van der Waals surface area contributed by atoms with Gasteiger partial charge in [0.25, 0.3) is 4.84 Å². The van der Waals surface area contributed by atoms with Crippen LogP contribution in [0.15, 0.2) is 22.6 Å². The van der Waals surface area contributed by atoms with Crippen molar-refractivity contribution in [3.8, 4) is 6.07 Å². The van der Waals surface area contributed by atoms with E-state index in [-0.39, 0.29) is 0 Å². The molecule has 58 valence electrons. The Morgan fingerprint density at radius 3 is 3.08 bits per heavy atom. The molecule has 0 saturated carbocycles. The lowest BCUT2D eigenvalue weighted by atomic mass is 10.2. The van der Waals surface area contributed by atoms with E-state index in [1.807, 2.05) is 6.07 Å². The van der Waals surface area contributed by atoms with Crippen LogP contribution in [0.25, 0.3) is 11.1 Å². The molecular weight excluding hydrogens is 172 g/mol. The number of fused-ring (bicyclic) bond motifs is 1. The molecule has 0 unspecified atom stereocenters. The number of oxazole rings is 1. The lowest BCUT2D eigenvalue weighted by Crippen LogP contribution is -1.72. The van der Waals surface area contributed by atoms with Crippen molar-refractivity contribution in [1.82, 2.24) is 4.98 Å². The molecule has 1 aromatic carbocycles. The Hall–Kier alpha value is -1.60. The average molecular weight is 176 g/mol. The Morgan fingerprint density at radius 2 is 2.33 bits per heavy atom. The zero-order valence-electron chi connectivity index (χ0n) is 6.00. The maximum atomic E-state index is 8.58. The molecule has 4 heteroatoms. The van der Waals surface area contributed by atoms with E-state index in [4.69, 9.17) is 21.9 Å². The highest BCUT2D eigenvalue weighted by molar-refractivity contribution is 7.71. The molecule has 0 amide bonds. The van der Waals surface area contributed by atoms with Crippen LogP contribution in [0, 0.1) is 16.2 Å². The largest absolute Gasteiger partial charge is 0.429 e. The number of nitrogens with zero attached hydrogens (tertiary/aromatic N) is 1. The zero-order valence-corrected chi connectivity index (χ0v) is 6.81. The second kappa shape index (κ2) is 2.47. The average Bonchev–Trinajstić information content (AvgIpc) is 2.43. The second-order valence-electron chi connectivity index (χ2n) is 2.34. The van der Waals surface area contributed by atoms with Gasteiger partial charge >= 0.3 is 0 Å². The van der Waals surface area contributed by atoms with Crippen LogP contribution in [0.4, 0.5) is 0 Å². The third-order valence-electron chi connectivity index (χ3n) is 1.55. The molecule has 0 aliphatic rings. The molecule has 0 spiro atoms. The fraction of sp³-hybridized carbons (Fsp3) is 0. The lowest BCUT2D eigenvalue weighted by molar-refractivity contribution is 0.583. The van der Waals surface area contributed by atoms with Gasteiger partial charge in [-0.2, -0.15) is 5.26 Å². The Kier molecular flexibility index (Phi) is 1.45. The summed E-state index contributed by atoms with van der Waals surface area (Å²) in [5, 5.41) is 8.58. The number of aromatic amines is 1. The fourth-order valence-electron chi connectivity index (χ4n) is 1.01. The van der Waals surface area contributed by atoms with Crippen LogP contribution in [0.5, 0.6) is 0 Å². The van der Waals surface area contributed by atoms with Gasteiger partial charge in [0.05, 0.1) is 17.1 Å². The van der Waals surface area contributed by atoms with Gasteiger partial charge in [0.1, 0.15) is 0 Å². The number of nitriles is 1. The number of hydrogen-bond donors (Lipinski definition) is 1. The Morgan fingerprint density at radius 1 is 1.50 bits per heavy atom.